The van der Waals surface area contributed by atoms with E-state index in [1.807, 2.05) is 0 Å². The molecule has 3 aromatic rings. The molecule has 0 saturated carbocycles. The Morgan fingerprint density at radius 3 is 2.48 bits per heavy atom. The molecule has 0 radical (unpaired) electrons. The Balaban J connectivity index is 0.00000261. The zero-order chi connectivity index (χ0) is 19.0. The van der Waals surface area contributed by atoms with Crippen LogP contribution in [-0.4, -0.2) is 38.0 Å². The number of amides is 1. The number of benzene rings is 2. The van der Waals surface area contributed by atoms with Gasteiger partial charge in [-0.3, -0.25) is 9.59 Å². The van der Waals surface area contributed by atoms with Crippen molar-refractivity contribution in [2.24, 2.45) is 7.05 Å². The fourth-order valence-corrected chi connectivity index (χ4v) is 2.69. The first-order valence-electron chi connectivity index (χ1n) is 7.67. The van der Waals surface area contributed by atoms with Crippen LogP contribution in [0.1, 0.15) is 10.4 Å². The van der Waals surface area contributed by atoms with Crippen molar-refractivity contribution in [2.75, 3.05) is 12.4 Å². The molecule has 0 aliphatic carbocycles. The quantitative estimate of drug-likeness (QED) is 0.475. The molecule has 0 fully saturated rings. The number of phenolic OH excluding ortho intramolecular Hbond substituents is 1. The van der Waals surface area contributed by atoms with E-state index in [-0.39, 0.29) is 22.6 Å². The first kappa shape index (κ1) is 19.6. The number of anilines is 1. The molecule has 0 spiro atoms. The van der Waals surface area contributed by atoms with Gasteiger partial charge in [-0.25, -0.2) is 0 Å². The first-order chi connectivity index (χ1) is 12.3. The van der Waals surface area contributed by atoms with E-state index in [1.54, 1.807) is 24.3 Å². The molecule has 140 valence electrons. The molecule has 0 bridgehead atoms. The lowest BCUT2D eigenvalue weighted by Crippen LogP contribution is -2.28. The molecule has 0 aliphatic rings. The van der Waals surface area contributed by atoms with Crippen LogP contribution in [0.2, 0.25) is 0 Å². The van der Waals surface area contributed by atoms with E-state index < -0.39 is 22.8 Å². The van der Waals surface area contributed by atoms with Crippen LogP contribution in [0.25, 0.3) is 10.9 Å². The fourth-order valence-electron chi connectivity index (χ4n) is 2.69. The number of pyridine rings is 1. The van der Waals surface area contributed by atoms with E-state index in [0.717, 1.165) is 0 Å². The third-order valence-corrected chi connectivity index (χ3v) is 4.09. The minimum atomic E-state index is -0.894. The minimum absolute atomic E-state index is 0. The predicted molar refractivity (Wildman–Crippen MR) is 98.1 cm³/mol. The predicted octanol–water partition coefficient (Wildman–Crippen LogP) is 2.07. The summed E-state index contributed by atoms with van der Waals surface area (Å²) in [6, 6.07) is 10.5. The molecule has 1 amide bonds. The summed E-state index contributed by atoms with van der Waals surface area (Å²) in [6.45, 7) is 0. The summed E-state index contributed by atoms with van der Waals surface area (Å²) in [7, 11) is 2.76. The van der Waals surface area contributed by atoms with E-state index in [2.05, 4.69) is 5.32 Å². The zero-order valence-corrected chi connectivity index (χ0v) is 14.5. The number of aromatic hydroxyl groups is 2. The number of aryl methyl sites for hydroxylation is 1. The number of phenols is 1. The second-order valence-corrected chi connectivity index (χ2v) is 5.76. The number of carbonyl (C=O) groups is 1. The lowest BCUT2D eigenvalue weighted by molar-refractivity contribution is -0.428. The van der Waals surface area contributed by atoms with Gasteiger partial charge in [0.2, 0.25) is 0 Å². The standard InChI is InChI=1S/C18H15N3O5.H2O/c1-20-13-6-4-3-5-11(13)16(23)15(18(20)25)17(24)19-12-9-10(21(2)26)7-8-14(12)22;/h3-9H,1-2H3,(H2-,19,22,23,24,25,26);1H2. The maximum atomic E-state index is 12.6. The smallest absolute Gasteiger partial charge is 0.267 e. The summed E-state index contributed by atoms with van der Waals surface area (Å²) in [6.07, 6.45) is 0. The third kappa shape index (κ3) is 3.35. The van der Waals surface area contributed by atoms with Crippen molar-refractivity contribution in [1.82, 2.24) is 4.57 Å². The van der Waals surface area contributed by atoms with E-state index >= 15 is 0 Å². The summed E-state index contributed by atoms with van der Waals surface area (Å²) in [5, 5.41) is 23.0. The van der Waals surface area contributed by atoms with Gasteiger partial charge in [0.1, 0.15) is 17.1 Å². The number of nitrogens with zero attached hydrogens (tertiary/aromatic N) is 2. The highest BCUT2D eigenvalue weighted by Crippen LogP contribution is 2.30. The van der Waals surface area contributed by atoms with Crippen molar-refractivity contribution in [3.63, 3.8) is 0 Å². The number of rotatable bonds is 3. The highest BCUT2D eigenvalue weighted by atomic mass is 16.3. The summed E-state index contributed by atoms with van der Waals surface area (Å²) in [5.41, 5.74) is -0.510. The summed E-state index contributed by atoms with van der Waals surface area (Å²) in [5.74, 6) is -1.62. The number of aromatic nitrogens is 1. The van der Waals surface area contributed by atoms with Crippen LogP contribution in [-0.2, 0) is 7.05 Å². The van der Waals surface area contributed by atoms with E-state index in [9.17, 15) is 24.7 Å². The van der Waals surface area contributed by atoms with Gasteiger partial charge in [0, 0.05) is 34.2 Å². The average molecular weight is 371 g/mol. The Labute approximate surface area is 153 Å². The highest BCUT2D eigenvalue weighted by Gasteiger charge is 2.22. The van der Waals surface area contributed by atoms with Gasteiger partial charge in [0.25, 0.3) is 17.2 Å². The maximum absolute atomic E-state index is 12.6. The second kappa shape index (κ2) is 7.26. The van der Waals surface area contributed by atoms with Gasteiger partial charge in [-0.15, -0.1) is 0 Å². The average Bonchev–Trinajstić information content (AvgIpc) is 2.61. The molecule has 1 aromatic heterocycles. The van der Waals surface area contributed by atoms with Gasteiger partial charge >= 0.3 is 0 Å². The highest BCUT2D eigenvalue weighted by molar-refractivity contribution is 6.09. The first-order valence-corrected chi connectivity index (χ1v) is 7.67. The number of hydrogen-bond acceptors (Lipinski definition) is 6. The number of hydrogen-bond donors (Lipinski definition) is 3. The van der Waals surface area contributed by atoms with Crippen molar-refractivity contribution < 1.29 is 25.2 Å². The molecule has 4 N–H and O–H groups in total. The van der Waals surface area contributed by atoms with Gasteiger partial charge in [-0.1, -0.05) is 12.1 Å². The van der Waals surface area contributed by atoms with Crippen molar-refractivity contribution in [3.8, 4) is 11.5 Å². The second-order valence-electron chi connectivity index (χ2n) is 5.76. The van der Waals surface area contributed by atoms with Crippen molar-refractivity contribution >= 4 is 28.2 Å². The number of carbonyl (C=O) groups excluding carboxylic acids is 1. The lowest BCUT2D eigenvalue weighted by Gasteiger charge is -2.12. The van der Waals surface area contributed by atoms with Crippen LogP contribution >= 0.6 is 0 Å². The van der Waals surface area contributed by atoms with Crippen molar-refractivity contribution in [2.45, 2.75) is 0 Å². The molecule has 9 heteroatoms. The molecule has 27 heavy (non-hydrogen) atoms. The molecule has 0 unspecified atom stereocenters. The minimum Gasteiger partial charge on any atom is -0.870 e. The van der Waals surface area contributed by atoms with Crippen molar-refractivity contribution in [3.05, 3.63) is 63.3 Å². The molecule has 0 aliphatic heterocycles. The summed E-state index contributed by atoms with van der Waals surface area (Å²) >= 11 is 0. The Bertz CT molecular complexity index is 1120. The molecule has 3 rings (SSSR count). The molecule has 1 heterocycles. The third-order valence-electron chi connectivity index (χ3n) is 4.09. The van der Waals surface area contributed by atoms with E-state index in [0.29, 0.717) is 15.7 Å². The normalized spacial score (nSPS) is 10.3. The molecule has 0 saturated heterocycles. The Morgan fingerprint density at radius 2 is 1.81 bits per heavy atom. The number of fused-ring (bicyclic) bond motifs is 1. The van der Waals surface area contributed by atoms with E-state index in [4.69, 9.17) is 0 Å². The Morgan fingerprint density at radius 1 is 1.15 bits per heavy atom. The molecule has 0 atom stereocenters. The largest absolute Gasteiger partial charge is 0.870 e. The van der Waals surface area contributed by atoms with E-state index in [1.165, 1.54) is 36.9 Å². The maximum Gasteiger partial charge on any atom is 0.267 e. The van der Waals surface area contributed by atoms with Gasteiger partial charge in [0.05, 0.1) is 11.2 Å². The number of para-hydroxylation sites is 1. The molecule has 2 aromatic carbocycles. The molecule has 9 nitrogen and oxygen atoms in total. The topological polar surface area (TPSA) is 142 Å². The van der Waals surface area contributed by atoms with Gasteiger partial charge < -0.3 is 25.6 Å². The van der Waals surface area contributed by atoms with Gasteiger partial charge in [-0.2, -0.15) is 0 Å². The Hall–Kier alpha value is -3.72. The summed E-state index contributed by atoms with van der Waals surface area (Å²) in [4.78, 5) is 36.5. The zero-order valence-electron chi connectivity index (χ0n) is 14.5. The lowest BCUT2D eigenvalue weighted by atomic mass is 10.1. The Kier molecular flexibility index (Phi) is 5.27. The van der Waals surface area contributed by atoms with Crippen LogP contribution < -0.4 is 10.9 Å². The molecular weight excluding hydrogens is 354 g/mol. The van der Waals surface area contributed by atoms with Crippen LogP contribution in [0.15, 0.2) is 47.3 Å². The van der Waals surface area contributed by atoms with Crippen LogP contribution in [0.4, 0.5) is 11.4 Å². The number of nitroso groups, excluding NO2 is 1. The van der Waals surface area contributed by atoms with Crippen LogP contribution in [0.5, 0.6) is 11.5 Å². The van der Waals surface area contributed by atoms with Gasteiger partial charge in [-0.05, 0) is 18.2 Å². The monoisotopic (exact) mass is 371 g/mol. The fraction of sp³-hybridized carbons (Fsp3) is 0.111. The van der Waals surface area contributed by atoms with Crippen LogP contribution in [0, 0.1) is 4.91 Å². The van der Waals surface area contributed by atoms with Gasteiger partial charge in [0.15, 0.2) is 7.05 Å². The van der Waals surface area contributed by atoms with Crippen molar-refractivity contribution in [1.29, 1.82) is 0 Å². The SMILES string of the molecule is Cn1c(=O)c(C(=O)Nc2cc([N+](C)=O)ccc2O)c(O)c2ccccc21.[OH-]. The summed E-state index contributed by atoms with van der Waals surface area (Å²) < 4.78 is 1.81. The number of nitrogens with one attached hydrogen (secondary N) is 1. The van der Waals surface area contributed by atoms with Crippen LogP contribution in [0.3, 0.4) is 0 Å². The molecular formula is C18H17N3O6.